The maximum absolute atomic E-state index is 12.1. The highest BCUT2D eigenvalue weighted by molar-refractivity contribution is 5.80. The monoisotopic (exact) mass is 283 g/mol. The number of hydrogen-bond acceptors (Lipinski definition) is 5. The van der Waals surface area contributed by atoms with Crippen molar-refractivity contribution in [2.75, 3.05) is 19.7 Å². The average Bonchev–Trinajstić information content (AvgIpc) is 2.97. The van der Waals surface area contributed by atoms with Crippen molar-refractivity contribution in [3.05, 3.63) is 11.6 Å². The molecule has 5 nitrogen and oxygen atoms in total. The van der Waals surface area contributed by atoms with Gasteiger partial charge in [0.1, 0.15) is 6.61 Å². The normalized spacial score (nSPS) is 27.1. The first-order valence-electron chi connectivity index (χ1n) is 7.38. The fourth-order valence-corrected chi connectivity index (χ4v) is 3.14. The molecule has 0 saturated carbocycles. The lowest BCUT2D eigenvalue weighted by Gasteiger charge is -2.32. The zero-order valence-electron chi connectivity index (χ0n) is 12.5. The number of esters is 1. The van der Waals surface area contributed by atoms with E-state index in [0.717, 1.165) is 25.1 Å². The van der Waals surface area contributed by atoms with Gasteiger partial charge >= 0.3 is 5.97 Å². The summed E-state index contributed by atoms with van der Waals surface area (Å²) in [6.45, 7) is 7.03. The van der Waals surface area contributed by atoms with E-state index in [9.17, 15) is 15.0 Å². The van der Waals surface area contributed by atoms with Crippen molar-refractivity contribution in [3.8, 4) is 0 Å². The molecular formula is C15H25NO4. The van der Waals surface area contributed by atoms with Crippen molar-refractivity contribution < 1.29 is 19.7 Å². The summed E-state index contributed by atoms with van der Waals surface area (Å²) in [5.74, 6) is -1.14. The number of carbonyl (C=O) groups is 1. The van der Waals surface area contributed by atoms with Crippen molar-refractivity contribution in [2.24, 2.45) is 5.92 Å². The van der Waals surface area contributed by atoms with Gasteiger partial charge in [0.15, 0.2) is 5.60 Å². The molecule has 1 fully saturated rings. The lowest BCUT2D eigenvalue weighted by Crippen LogP contribution is -2.53. The smallest absolute Gasteiger partial charge is 0.341 e. The van der Waals surface area contributed by atoms with Crippen LogP contribution in [0, 0.1) is 5.92 Å². The van der Waals surface area contributed by atoms with Crippen LogP contribution in [0.3, 0.4) is 0 Å². The number of nitrogens with zero attached hydrogens (tertiary/aromatic N) is 1. The Morgan fingerprint density at radius 2 is 2.25 bits per heavy atom. The van der Waals surface area contributed by atoms with Gasteiger partial charge in [0.05, 0.1) is 6.10 Å². The fourth-order valence-electron chi connectivity index (χ4n) is 3.14. The first-order chi connectivity index (χ1) is 9.37. The van der Waals surface area contributed by atoms with Gasteiger partial charge in [0.2, 0.25) is 0 Å². The lowest BCUT2D eigenvalue weighted by molar-refractivity contribution is -0.183. The Labute approximate surface area is 120 Å². The largest absolute Gasteiger partial charge is 0.459 e. The molecule has 2 rings (SSSR count). The molecule has 0 aromatic rings. The molecule has 2 aliphatic heterocycles. The second kappa shape index (κ2) is 5.84. The van der Waals surface area contributed by atoms with Crippen molar-refractivity contribution in [1.82, 2.24) is 4.90 Å². The van der Waals surface area contributed by atoms with Crippen molar-refractivity contribution in [2.45, 2.75) is 51.4 Å². The molecule has 5 heteroatoms. The third-order valence-electron chi connectivity index (χ3n) is 4.59. The summed E-state index contributed by atoms with van der Waals surface area (Å²) < 4.78 is 5.28. The van der Waals surface area contributed by atoms with Crippen LogP contribution in [0.4, 0.5) is 0 Å². The molecule has 0 bridgehead atoms. The van der Waals surface area contributed by atoms with E-state index in [1.807, 2.05) is 0 Å². The van der Waals surface area contributed by atoms with Crippen molar-refractivity contribution >= 4 is 5.97 Å². The second-order valence-electron chi connectivity index (χ2n) is 6.16. The Kier molecular flexibility index (Phi) is 4.52. The molecular weight excluding hydrogens is 258 g/mol. The van der Waals surface area contributed by atoms with Crippen LogP contribution >= 0.6 is 0 Å². The third-order valence-corrected chi connectivity index (χ3v) is 4.59. The van der Waals surface area contributed by atoms with Crippen LogP contribution in [0.5, 0.6) is 0 Å². The molecule has 0 aromatic carbocycles. The molecule has 1 unspecified atom stereocenters. The summed E-state index contributed by atoms with van der Waals surface area (Å²) in [7, 11) is 0. The minimum absolute atomic E-state index is 0.210. The highest BCUT2D eigenvalue weighted by Crippen LogP contribution is 2.29. The average molecular weight is 283 g/mol. The van der Waals surface area contributed by atoms with E-state index in [1.54, 1.807) is 13.8 Å². The summed E-state index contributed by atoms with van der Waals surface area (Å²) in [5, 5.41) is 20.0. The van der Waals surface area contributed by atoms with Crippen LogP contribution in [-0.4, -0.2) is 58.5 Å². The van der Waals surface area contributed by atoms with Gasteiger partial charge in [0, 0.05) is 12.6 Å². The van der Waals surface area contributed by atoms with E-state index in [-0.39, 0.29) is 6.61 Å². The Hall–Kier alpha value is -0.910. The SMILES string of the molecule is CC(C)C(O)(C(=O)OCC1=CCN2CCC[C@@H]12)[C@H](C)O. The summed E-state index contributed by atoms with van der Waals surface area (Å²) in [5.41, 5.74) is -0.721. The second-order valence-corrected chi connectivity index (χ2v) is 6.16. The number of aliphatic hydroxyl groups excluding tert-OH is 1. The summed E-state index contributed by atoms with van der Waals surface area (Å²) >= 11 is 0. The van der Waals surface area contributed by atoms with E-state index in [0.29, 0.717) is 6.04 Å². The minimum Gasteiger partial charge on any atom is -0.459 e. The van der Waals surface area contributed by atoms with Gasteiger partial charge in [-0.1, -0.05) is 19.9 Å². The zero-order chi connectivity index (χ0) is 14.9. The number of carbonyl (C=O) groups excluding carboxylic acids is 1. The van der Waals surface area contributed by atoms with Crippen LogP contribution in [0.15, 0.2) is 11.6 Å². The van der Waals surface area contributed by atoms with Crippen LogP contribution in [0.2, 0.25) is 0 Å². The first kappa shape index (κ1) is 15.5. The van der Waals surface area contributed by atoms with E-state index in [1.165, 1.54) is 13.3 Å². The number of rotatable bonds is 5. The predicted molar refractivity (Wildman–Crippen MR) is 75.1 cm³/mol. The Morgan fingerprint density at radius 1 is 1.55 bits per heavy atom. The highest BCUT2D eigenvalue weighted by Gasteiger charge is 2.46. The van der Waals surface area contributed by atoms with Gasteiger partial charge in [-0.05, 0) is 37.8 Å². The molecule has 1 saturated heterocycles. The van der Waals surface area contributed by atoms with Gasteiger partial charge < -0.3 is 14.9 Å². The maximum atomic E-state index is 12.1. The molecule has 2 N–H and O–H groups in total. The molecule has 0 aliphatic carbocycles. The summed E-state index contributed by atoms with van der Waals surface area (Å²) in [4.78, 5) is 14.5. The van der Waals surface area contributed by atoms with Gasteiger partial charge in [0.25, 0.3) is 0 Å². The lowest BCUT2D eigenvalue weighted by atomic mass is 9.85. The topological polar surface area (TPSA) is 70.0 Å². The quantitative estimate of drug-likeness (QED) is 0.574. The van der Waals surface area contributed by atoms with E-state index < -0.39 is 23.6 Å². The number of hydrogen-bond donors (Lipinski definition) is 2. The molecule has 3 atom stereocenters. The highest BCUT2D eigenvalue weighted by atomic mass is 16.6. The maximum Gasteiger partial charge on any atom is 0.341 e. The molecule has 0 amide bonds. The molecule has 0 spiro atoms. The van der Waals surface area contributed by atoms with E-state index in [4.69, 9.17) is 4.74 Å². The van der Waals surface area contributed by atoms with Crippen LogP contribution in [0.25, 0.3) is 0 Å². The number of ether oxygens (including phenoxy) is 1. The Balaban J connectivity index is 1.95. The standard InChI is InChI=1S/C15H25NO4/c1-10(2)15(19,11(3)17)14(18)20-9-12-6-8-16-7-4-5-13(12)16/h6,10-11,13,17,19H,4-5,7-9H2,1-3H3/t11-,13-,15?/m0/s1. The van der Waals surface area contributed by atoms with Gasteiger partial charge in [-0.2, -0.15) is 0 Å². The fraction of sp³-hybridized carbons (Fsp3) is 0.800. The Morgan fingerprint density at radius 3 is 2.85 bits per heavy atom. The number of fused-ring (bicyclic) bond motifs is 1. The Bertz CT molecular complexity index is 395. The minimum atomic E-state index is -1.84. The van der Waals surface area contributed by atoms with E-state index >= 15 is 0 Å². The van der Waals surface area contributed by atoms with Crippen LogP contribution in [0.1, 0.15) is 33.6 Å². The third kappa shape index (κ3) is 2.62. The molecule has 0 radical (unpaired) electrons. The molecule has 0 aromatic heterocycles. The number of aliphatic hydroxyl groups is 2. The van der Waals surface area contributed by atoms with Crippen LogP contribution < -0.4 is 0 Å². The van der Waals surface area contributed by atoms with E-state index in [2.05, 4.69) is 11.0 Å². The van der Waals surface area contributed by atoms with Crippen molar-refractivity contribution in [1.29, 1.82) is 0 Å². The van der Waals surface area contributed by atoms with Gasteiger partial charge in [-0.3, -0.25) is 4.90 Å². The molecule has 2 heterocycles. The van der Waals surface area contributed by atoms with Crippen LogP contribution in [-0.2, 0) is 9.53 Å². The first-order valence-corrected chi connectivity index (χ1v) is 7.38. The van der Waals surface area contributed by atoms with Gasteiger partial charge in [-0.15, -0.1) is 0 Å². The van der Waals surface area contributed by atoms with Crippen molar-refractivity contribution in [3.63, 3.8) is 0 Å². The molecule has 20 heavy (non-hydrogen) atoms. The molecule has 114 valence electrons. The summed E-state index contributed by atoms with van der Waals surface area (Å²) in [6, 6.07) is 0.390. The van der Waals surface area contributed by atoms with Gasteiger partial charge in [-0.25, -0.2) is 4.79 Å². The summed E-state index contributed by atoms with van der Waals surface area (Å²) in [6.07, 6.45) is 3.23. The molecule has 2 aliphatic rings. The zero-order valence-corrected chi connectivity index (χ0v) is 12.5. The predicted octanol–water partition coefficient (Wildman–Crippen LogP) is 0.702.